The molecule has 84 valence electrons. The lowest BCUT2D eigenvalue weighted by Gasteiger charge is -2.55. The average molecular weight is 198 g/mol. The lowest BCUT2D eigenvalue weighted by atomic mass is 9.86. The summed E-state index contributed by atoms with van der Waals surface area (Å²) in [7, 11) is 0. The van der Waals surface area contributed by atoms with Crippen LogP contribution in [-0.4, -0.2) is 34.6 Å². The minimum Gasteiger partial charge on any atom is -0.309 e. The van der Waals surface area contributed by atoms with E-state index in [0.29, 0.717) is 0 Å². The van der Waals surface area contributed by atoms with E-state index in [1.165, 1.54) is 0 Å². The van der Waals surface area contributed by atoms with E-state index in [-0.39, 0.29) is 16.6 Å². The maximum Gasteiger partial charge on any atom is 0.0283 e. The minimum atomic E-state index is 0.239. The van der Waals surface area contributed by atoms with E-state index in [0.717, 1.165) is 13.1 Å². The van der Waals surface area contributed by atoms with Crippen LogP contribution in [0.5, 0.6) is 0 Å². The first kappa shape index (κ1) is 12.0. The van der Waals surface area contributed by atoms with Gasteiger partial charge in [0.1, 0.15) is 0 Å². The van der Waals surface area contributed by atoms with E-state index < -0.39 is 0 Å². The van der Waals surface area contributed by atoms with E-state index in [4.69, 9.17) is 0 Å². The molecule has 1 N–H and O–H groups in total. The van der Waals surface area contributed by atoms with Crippen LogP contribution in [0.2, 0.25) is 0 Å². The van der Waals surface area contributed by atoms with Gasteiger partial charge in [-0.25, -0.2) is 0 Å². The lowest BCUT2D eigenvalue weighted by molar-refractivity contribution is -0.0281. The molecule has 14 heavy (non-hydrogen) atoms. The van der Waals surface area contributed by atoms with Gasteiger partial charge in [0.25, 0.3) is 0 Å². The van der Waals surface area contributed by atoms with Gasteiger partial charge < -0.3 is 5.32 Å². The smallest absolute Gasteiger partial charge is 0.0283 e. The third kappa shape index (κ3) is 2.48. The van der Waals surface area contributed by atoms with E-state index in [1.807, 2.05) is 0 Å². The molecule has 0 atom stereocenters. The van der Waals surface area contributed by atoms with Crippen molar-refractivity contribution in [2.45, 2.75) is 65.1 Å². The zero-order chi connectivity index (χ0) is 11.2. The molecule has 0 aromatic rings. The third-order valence-electron chi connectivity index (χ3n) is 3.09. The van der Waals surface area contributed by atoms with Gasteiger partial charge in [-0.15, -0.1) is 0 Å². The van der Waals surface area contributed by atoms with Crippen molar-refractivity contribution in [3.8, 4) is 0 Å². The van der Waals surface area contributed by atoms with Crippen LogP contribution in [0.25, 0.3) is 0 Å². The van der Waals surface area contributed by atoms with Crippen molar-refractivity contribution in [2.24, 2.45) is 0 Å². The highest BCUT2D eigenvalue weighted by Crippen LogP contribution is 2.30. The summed E-state index contributed by atoms with van der Waals surface area (Å²) < 4.78 is 0. The van der Waals surface area contributed by atoms with E-state index in [2.05, 4.69) is 58.7 Å². The van der Waals surface area contributed by atoms with Crippen molar-refractivity contribution in [3.05, 3.63) is 0 Å². The van der Waals surface area contributed by atoms with Crippen LogP contribution < -0.4 is 5.32 Å². The Hall–Kier alpha value is -0.0800. The molecule has 1 fully saturated rings. The van der Waals surface area contributed by atoms with Gasteiger partial charge in [0.15, 0.2) is 0 Å². The molecule has 0 unspecified atom stereocenters. The Labute approximate surface area is 89.1 Å². The molecule has 1 aliphatic rings. The standard InChI is InChI=1S/C12H26N2/c1-10(2,3)14-9-11(4,5)13-8-12(14,6)7/h13H,8-9H2,1-7H3. The molecule has 0 amide bonds. The second kappa shape index (κ2) is 3.21. The molecule has 0 bridgehead atoms. The molecule has 0 radical (unpaired) electrons. The first-order valence-corrected chi connectivity index (χ1v) is 5.57. The monoisotopic (exact) mass is 198 g/mol. The minimum absolute atomic E-state index is 0.239. The Morgan fingerprint density at radius 1 is 1.07 bits per heavy atom. The van der Waals surface area contributed by atoms with Gasteiger partial charge in [-0.3, -0.25) is 4.90 Å². The predicted octanol–water partition coefficient (Wildman–Crippen LogP) is 2.25. The first-order valence-electron chi connectivity index (χ1n) is 5.57. The highest BCUT2D eigenvalue weighted by Gasteiger charge is 2.42. The Kier molecular flexibility index (Phi) is 2.75. The highest BCUT2D eigenvalue weighted by atomic mass is 15.3. The van der Waals surface area contributed by atoms with Gasteiger partial charge >= 0.3 is 0 Å². The molecule has 0 aromatic carbocycles. The summed E-state index contributed by atoms with van der Waals surface area (Å²) in [6.07, 6.45) is 0. The van der Waals surface area contributed by atoms with Crippen LogP contribution in [0.1, 0.15) is 48.5 Å². The molecule has 0 aliphatic carbocycles. The Morgan fingerprint density at radius 3 is 1.93 bits per heavy atom. The number of hydrogen-bond acceptors (Lipinski definition) is 2. The zero-order valence-electron chi connectivity index (χ0n) is 10.9. The van der Waals surface area contributed by atoms with E-state index in [1.54, 1.807) is 0 Å². The molecule has 2 heteroatoms. The quantitative estimate of drug-likeness (QED) is 0.642. The van der Waals surface area contributed by atoms with Crippen molar-refractivity contribution >= 4 is 0 Å². The normalized spacial score (nSPS) is 27.6. The van der Waals surface area contributed by atoms with E-state index >= 15 is 0 Å². The van der Waals surface area contributed by atoms with Crippen molar-refractivity contribution in [1.82, 2.24) is 10.2 Å². The van der Waals surface area contributed by atoms with Crippen LogP contribution in [-0.2, 0) is 0 Å². The van der Waals surface area contributed by atoms with Crippen LogP contribution in [0.4, 0.5) is 0 Å². The fourth-order valence-electron chi connectivity index (χ4n) is 2.36. The molecule has 0 aromatic heterocycles. The summed E-state index contributed by atoms with van der Waals surface area (Å²) in [6, 6.07) is 0. The molecule has 2 nitrogen and oxygen atoms in total. The number of piperazine rings is 1. The Balaban J connectivity index is 2.88. The van der Waals surface area contributed by atoms with Crippen molar-refractivity contribution < 1.29 is 0 Å². The molecular weight excluding hydrogens is 172 g/mol. The van der Waals surface area contributed by atoms with Crippen molar-refractivity contribution in [2.75, 3.05) is 13.1 Å². The molecule has 1 aliphatic heterocycles. The zero-order valence-corrected chi connectivity index (χ0v) is 10.9. The van der Waals surface area contributed by atoms with Crippen molar-refractivity contribution in [3.63, 3.8) is 0 Å². The van der Waals surface area contributed by atoms with Crippen LogP contribution in [0.15, 0.2) is 0 Å². The number of nitrogens with one attached hydrogen (secondary N) is 1. The molecule has 1 heterocycles. The molecule has 0 saturated carbocycles. The average Bonchev–Trinajstić information content (AvgIpc) is 1.93. The lowest BCUT2D eigenvalue weighted by Crippen LogP contribution is -2.70. The van der Waals surface area contributed by atoms with Gasteiger partial charge in [-0.1, -0.05) is 0 Å². The summed E-state index contributed by atoms with van der Waals surface area (Å²) in [4.78, 5) is 2.61. The van der Waals surface area contributed by atoms with E-state index in [9.17, 15) is 0 Å². The van der Waals surface area contributed by atoms with Crippen molar-refractivity contribution in [1.29, 1.82) is 0 Å². The highest BCUT2D eigenvalue weighted by molar-refractivity contribution is 5.01. The molecular formula is C12H26N2. The van der Waals surface area contributed by atoms with Gasteiger partial charge in [-0.05, 0) is 48.5 Å². The van der Waals surface area contributed by atoms with Crippen LogP contribution >= 0.6 is 0 Å². The van der Waals surface area contributed by atoms with Crippen LogP contribution in [0.3, 0.4) is 0 Å². The first-order chi connectivity index (χ1) is 6.05. The van der Waals surface area contributed by atoms with Gasteiger partial charge in [0.05, 0.1) is 0 Å². The molecule has 1 saturated heterocycles. The summed E-state index contributed by atoms with van der Waals surface area (Å²) in [5, 5.41) is 3.61. The maximum atomic E-state index is 3.61. The third-order valence-corrected chi connectivity index (χ3v) is 3.09. The fraction of sp³-hybridized carbons (Fsp3) is 1.00. The largest absolute Gasteiger partial charge is 0.309 e. The van der Waals surface area contributed by atoms with Gasteiger partial charge in [0, 0.05) is 29.7 Å². The second-order valence-corrected chi connectivity index (χ2v) is 6.81. The summed E-state index contributed by atoms with van der Waals surface area (Å²) >= 11 is 0. The SMILES string of the molecule is CC1(C)CN(C(C)(C)C)C(C)(C)CN1. The molecule has 1 rings (SSSR count). The molecule has 0 spiro atoms. The van der Waals surface area contributed by atoms with Gasteiger partial charge in [-0.2, -0.15) is 0 Å². The maximum absolute atomic E-state index is 3.61. The Morgan fingerprint density at radius 2 is 1.57 bits per heavy atom. The summed E-state index contributed by atoms with van der Waals surface area (Å²) in [5.41, 5.74) is 0.749. The number of rotatable bonds is 0. The van der Waals surface area contributed by atoms with Gasteiger partial charge in [0.2, 0.25) is 0 Å². The topological polar surface area (TPSA) is 15.3 Å². The summed E-state index contributed by atoms with van der Waals surface area (Å²) in [5.74, 6) is 0. The number of hydrogen-bond donors (Lipinski definition) is 1. The Bertz CT molecular complexity index is 211. The fourth-order valence-corrected chi connectivity index (χ4v) is 2.36. The van der Waals surface area contributed by atoms with Crippen LogP contribution in [0, 0.1) is 0 Å². The number of nitrogens with zero attached hydrogens (tertiary/aromatic N) is 1. The predicted molar refractivity (Wildman–Crippen MR) is 62.6 cm³/mol. The summed E-state index contributed by atoms with van der Waals surface area (Å²) in [6.45, 7) is 18.3. The second-order valence-electron chi connectivity index (χ2n) is 6.81.